The highest BCUT2D eigenvalue weighted by Crippen LogP contribution is 2.42. The molecular weight excluding hydrogens is 629 g/mol. The number of hydrogen-bond acceptors (Lipinski definition) is 5. The van der Waals surface area contributed by atoms with Crippen LogP contribution in [0.25, 0.3) is 88.9 Å². The van der Waals surface area contributed by atoms with Crippen molar-refractivity contribution in [1.29, 1.82) is 0 Å². The van der Waals surface area contributed by atoms with Crippen LogP contribution in [-0.2, 0) is 0 Å². The molecule has 6 heteroatoms. The molecule has 0 spiro atoms. The van der Waals surface area contributed by atoms with Crippen LogP contribution in [0.3, 0.4) is 0 Å². The van der Waals surface area contributed by atoms with Crippen molar-refractivity contribution in [3.05, 3.63) is 158 Å². The summed E-state index contributed by atoms with van der Waals surface area (Å²) in [5, 5.41) is 15.2. The van der Waals surface area contributed by atoms with E-state index in [-0.39, 0.29) is 5.75 Å². The van der Waals surface area contributed by atoms with Crippen molar-refractivity contribution < 1.29 is 9.52 Å². The summed E-state index contributed by atoms with van der Waals surface area (Å²) in [6.07, 6.45) is 3.77. The van der Waals surface area contributed by atoms with E-state index in [1.807, 2.05) is 68.5 Å². The number of aromatic hydroxyl groups is 1. The fourth-order valence-corrected chi connectivity index (χ4v) is 7.11. The Morgan fingerprint density at radius 2 is 1.39 bits per heavy atom. The molecule has 0 fully saturated rings. The number of nitrogens with zero attached hydrogens (tertiary/aromatic N) is 4. The third-order valence-corrected chi connectivity index (χ3v) is 9.53. The molecule has 0 aliphatic rings. The van der Waals surface area contributed by atoms with Crippen LogP contribution in [0.15, 0.2) is 151 Å². The molecule has 51 heavy (non-hydrogen) atoms. The largest absolute Gasteiger partial charge is 0.507 e. The highest BCUT2D eigenvalue weighted by molar-refractivity contribution is 6.16. The first kappa shape index (κ1) is 30.3. The number of phenols is 1. The maximum atomic E-state index is 11.0. The third-order valence-electron chi connectivity index (χ3n) is 9.53. The van der Waals surface area contributed by atoms with Crippen LogP contribution in [0.1, 0.15) is 18.3 Å². The lowest BCUT2D eigenvalue weighted by molar-refractivity contribution is 0.472. The molecule has 3 heterocycles. The first-order valence-electron chi connectivity index (χ1n) is 16.9. The summed E-state index contributed by atoms with van der Waals surface area (Å²) >= 11 is 0. The van der Waals surface area contributed by atoms with E-state index in [9.17, 15) is 5.11 Å². The summed E-state index contributed by atoms with van der Waals surface area (Å²) < 4.78 is 9.06. The zero-order chi connectivity index (χ0) is 34.6. The average molecular weight is 661 g/mol. The summed E-state index contributed by atoms with van der Waals surface area (Å²) in [7, 11) is 0. The van der Waals surface area contributed by atoms with Crippen molar-refractivity contribution in [3.63, 3.8) is 0 Å². The minimum absolute atomic E-state index is 0.135. The van der Waals surface area contributed by atoms with Crippen molar-refractivity contribution in [3.8, 4) is 45.3 Å². The number of furan rings is 1. The molecule has 0 saturated heterocycles. The van der Waals surface area contributed by atoms with Crippen LogP contribution < -0.4 is 0 Å². The minimum atomic E-state index is 0.135. The Kier molecular flexibility index (Phi) is 7.11. The second kappa shape index (κ2) is 12.0. The Hall–Kier alpha value is -6.79. The molecule has 0 radical (unpaired) electrons. The van der Waals surface area contributed by atoms with Crippen LogP contribution in [-0.4, -0.2) is 24.6 Å². The molecule has 0 saturated carbocycles. The predicted octanol–water partition coefficient (Wildman–Crippen LogP) is 11.5. The van der Waals surface area contributed by atoms with E-state index in [1.165, 1.54) is 21.9 Å². The number of allylic oxidation sites excluding steroid dienone is 3. The van der Waals surface area contributed by atoms with Gasteiger partial charge in [-0.1, -0.05) is 110 Å². The molecule has 6 nitrogen and oxygen atoms in total. The Labute approximate surface area is 294 Å². The fourth-order valence-electron chi connectivity index (χ4n) is 7.11. The second-order valence-electron chi connectivity index (χ2n) is 12.7. The molecule has 0 aliphatic heterocycles. The standard InChI is InChI=1S/C45H32N4O2/c1-4-13-28(3)43-46-44(48-45(47-43)34-20-10-14-27(2)41(34)50)33-19-12-23-39-40(33)32-18-11-22-38(42(32)51-39)49-36-21-9-8-17-31(36)35-26-30(24-25-37(35)49)29-15-6-5-7-16-29/h4-26,50H,3H2,1-2H3/b13-4-. The molecular formula is C45H32N4O2. The van der Waals surface area contributed by atoms with Gasteiger partial charge in [0.2, 0.25) is 0 Å². The van der Waals surface area contributed by atoms with Crippen molar-refractivity contribution in [1.82, 2.24) is 19.5 Å². The van der Waals surface area contributed by atoms with Gasteiger partial charge in [-0.3, -0.25) is 0 Å². The Balaban J connectivity index is 1.29. The Morgan fingerprint density at radius 3 is 2.24 bits per heavy atom. The van der Waals surface area contributed by atoms with Crippen molar-refractivity contribution >= 4 is 49.3 Å². The maximum Gasteiger partial charge on any atom is 0.167 e. The van der Waals surface area contributed by atoms with E-state index < -0.39 is 0 Å². The van der Waals surface area contributed by atoms with Gasteiger partial charge in [0.25, 0.3) is 0 Å². The molecule has 6 aromatic carbocycles. The van der Waals surface area contributed by atoms with Gasteiger partial charge >= 0.3 is 0 Å². The van der Waals surface area contributed by atoms with Crippen LogP contribution >= 0.6 is 0 Å². The number of hydrogen-bond donors (Lipinski definition) is 1. The zero-order valence-corrected chi connectivity index (χ0v) is 28.1. The lowest BCUT2D eigenvalue weighted by Gasteiger charge is -2.11. The van der Waals surface area contributed by atoms with E-state index in [0.29, 0.717) is 28.6 Å². The lowest BCUT2D eigenvalue weighted by Crippen LogP contribution is -2.02. The summed E-state index contributed by atoms with van der Waals surface area (Å²) in [5.41, 5.74) is 9.67. The molecule has 244 valence electrons. The minimum Gasteiger partial charge on any atom is -0.507 e. The number of benzene rings is 6. The van der Waals surface area contributed by atoms with Gasteiger partial charge in [0.05, 0.1) is 22.3 Å². The average Bonchev–Trinajstić information content (AvgIpc) is 3.72. The summed E-state index contributed by atoms with van der Waals surface area (Å²) in [6.45, 7) is 8.00. The Morgan fingerprint density at radius 1 is 0.686 bits per heavy atom. The predicted molar refractivity (Wildman–Crippen MR) is 208 cm³/mol. The quantitative estimate of drug-likeness (QED) is 0.180. The van der Waals surface area contributed by atoms with E-state index in [1.54, 1.807) is 0 Å². The molecule has 0 unspecified atom stereocenters. The van der Waals surface area contributed by atoms with Gasteiger partial charge in [-0.15, -0.1) is 0 Å². The number of aromatic nitrogens is 4. The first-order valence-corrected chi connectivity index (χ1v) is 16.9. The zero-order valence-electron chi connectivity index (χ0n) is 28.1. The number of phenolic OH excluding ortho intramolecular Hbond substituents is 1. The van der Waals surface area contributed by atoms with Gasteiger partial charge in [-0.05, 0) is 66.9 Å². The van der Waals surface area contributed by atoms with Crippen LogP contribution in [0.5, 0.6) is 5.75 Å². The SMILES string of the molecule is C=C(/C=C\C)c1nc(-c2cccc(C)c2O)nc(-c2cccc3oc4c(-n5c6ccccc6c6cc(-c7ccccc7)ccc65)cccc4c23)n1. The molecule has 0 amide bonds. The van der Waals surface area contributed by atoms with Gasteiger partial charge in [0, 0.05) is 32.7 Å². The molecule has 0 aliphatic carbocycles. The Bertz CT molecular complexity index is 2860. The van der Waals surface area contributed by atoms with E-state index in [0.717, 1.165) is 49.8 Å². The van der Waals surface area contributed by atoms with Gasteiger partial charge < -0.3 is 14.1 Å². The van der Waals surface area contributed by atoms with Crippen molar-refractivity contribution in [2.75, 3.05) is 0 Å². The molecule has 1 N–H and O–H groups in total. The smallest absolute Gasteiger partial charge is 0.167 e. The van der Waals surface area contributed by atoms with Crippen LogP contribution in [0, 0.1) is 6.92 Å². The molecule has 0 atom stereocenters. The molecule has 3 aromatic heterocycles. The van der Waals surface area contributed by atoms with Crippen LogP contribution in [0.4, 0.5) is 0 Å². The summed E-state index contributed by atoms with van der Waals surface area (Å²) in [6, 6.07) is 43.5. The van der Waals surface area contributed by atoms with Gasteiger partial charge in [0.15, 0.2) is 23.1 Å². The normalized spacial score (nSPS) is 11.8. The van der Waals surface area contributed by atoms with Crippen molar-refractivity contribution in [2.45, 2.75) is 13.8 Å². The van der Waals surface area contributed by atoms with Crippen LogP contribution in [0.2, 0.25) is 0 Å². The number of rotatable bonds is 6. The van der Waals surface area contributed by atoms with Gasteiger partial charge in [0.1, 0.15) is 11.3 Å². The first-order chi connectivity index (χ1) is 25.0. The second-order valence-corrected chi connectivity index (χ2v) is 12.7. The van der Waals surface area contributed by atoms with E-state index in [4.69, 9.17) is 19.4 Å². The topological polar surface area (TPSA) is 77.0 Å². The maximum absolute atomic E-state index is 11.0. The van der Waals surface area contributed by atoms with E-state index >= 15 is 0 Å². The summed E-state index contributed by atoms with van der Waals surface area (Å²) in [4.78, 5) is 14.6. The lowest BCUT2D eigenvalue weighted by atomic mass is 10.0. The number of fused-ring (bicyclic) bond motifs is 6. The molecule has 9 aromatic rings. The highest BCUT2D eigenvalue weighted by atomic mass is 16.3. The number of aryl methyl sites for hydroxylation is 1. The fraction of sp³-hybridized carbons (Fsp3) is 0.0444. The molecule has 9 rings (SSSR count). The van der Waals surface area contributed by atoms with Gasteiger partial charge in [-0.2, -0.15) is 0 Å². The third kappa shape index (κ3) is 4.91. The van der Waals surface area contributed by atoms with E-state index in [2.05, 4.69) is 96.1 Å². The summed E-state index contributed by atoms with van der Waals surface area (Å²) in [5.74, 6) is 1.40. The van der Waals surface area contributed by atoms with Crippen molar-refractivity contribution in [2.24, 2.45) is 0 Å². The highest BCUT2D eigenvalue weighted by Gasteiger charge is 2.22. The van der Waals surface area contributed by atoms with Gasteiger partial charge in [-0.25, -0.2) is 15.0 Å². The molecule has 0 bridgehead atoms. The monoisotopic (exact) mass is 660 g/mol. The number of para-hydroxylation sites is 3.